The largest absolute Gasteiger partial charge is 0.460 e. The summed E-state index contributed by atoms with van der Waals surface area (Å²) in [5, 5.41) is 1.15. The quantitative estimate of drug-likeness (QED) is 0.173. The highest BCUT2D eigenvalue weighted by Crippen LogP contribution is 2.22. The monoisotopic (exact) mass is 744 g/mol. The number of ether oxygens (including phenoxy) is 1. The lowest BCUT2D eigenvalue weighted by Crippen LogP contribution is -2.27. The van der Waals surface area contributed by atoms with Crippen molar-refractivity contribution in [2.45, 2.75) is 14.4 Å². The van der Waals surface area contributed by atoms with Gasteiger partial charge in [-0.15, -0.1) is 12.4 Å². The molecule has 43 heavy (non-hydrogen) atoms. The van der Waals surface area contributed by atoms with Crippen LogP contribution in [0, 0.1) is 0 Å². The fraction of sp³-hybridized carbons (Fsp3) is 0.310. The van der Waals surface area contributed by atoms with E-state index in [0.717, 1.165) is 36.5 Å². The molecule has 11 nitrogen and oxygen atoms in total. The predicted molar refractivity (Wildman–Crippen MR) is 178 cm³/mol. The first-order valence-electron chi connectivity index (χ1n) is 12.3. The summed E-state index contributed by atoms with van der Waals surface area (Å²) in [6, 6.07) is 15.5. The van der Waals surface area contributed by atoms with Crippen molar-refractivity contribution in [2.24, 2.45) is 14.1 Å². The normalized spacial score (nSPS) is 9.70. The van der Waals surface area contributed by atoms with Gasteiger partial charge >= 0.3 is 11.9 Å². The molecule has 0 fully saturated rings. The maximum Gasteiger partial charge on any atom is 0.374 e. The van der Waals surface area contributed by atoms with Gasteiger partial charge in [0.15, 0.2) is 0 Å². The van der Waals surface area contributed by atoms with Crippen LogP contribution in [0.5, 0.6) is 0 Å². The molecule has 14 heteroatoms. The number of imidazole rings is 2. The zero-order valence-corrected chi connectivity index (χ0v) is 28.4. The first-order valence-corrected chi connectivity index (χ1v) is 13.9. The van der Waals surface area contributed by atoms with Gasteiger partial charge in [0.25, 0.3) is 0 Å². The zero-order chi connectivity index (χ0) is 30.5. The molecule has 4 aromatic rings. The fourth-order valence-electron chi connectivity index (χ4n) is 3.26. The summed E-state index contributed by atoms with van der Waals surface area (Å²) < 4.78 is 10.3. The van der Waals surface area contributed by atoms with E-state index in [-0.39, 0.29) is 25.7 Å². The minimum absolute atomic E-state index is 0. The number of aromatic nitrogens is 4. The number of hydroxylamine groups is 3. The van der Waals surface area contributed by atoms with E-state index in [1.807, 2.05) is 60.9 Å². The van der Waals surface area contributed by atoms with Crippen molar-refractivity contribution in [3.63, 3.8) is 0 Å². The molecule has 0 aliphatic carbocycles. The van der Waals surface area contributed by atoms with Crippen molar-refractivity contribution in [1.29, 1.82) is 0 Å². The number of nitrogens with zero attached hydrogens (tertiary/aromatic N) is 5. The average Bonchev–Trinajstić information content (AvgIpc) is 3.56. The van der Waals surface area contributed by atoms with Crippen LogP contribution in [-0.2, 0) is 28.5 Å². The standard InChI is InChI=1S/C13H14BrN3O2.C13H13BrN2O2.C2H7NO.CH4.ClH/c1-16-8-11(9-4-6-10(14)7-5-9)15-12(16)13(18)17(2)19-3;1-3-18-13(17)12-15-11(8-16(12)2)9-4-6-10(14)7-5-9;1-3-4-2;;/h4-8H,1-3H3;4-8H,3H2,1-2H3;3H,1-2H3;1H4;1H. The van der Waals surface area contributed by atoms with E-state index in [2.05, 4.69) is 52.1 Å². The third kappa shape index (κ3) is 11.9. The number of carbonyl (C=O) groups excluding carboxylic acids is 2. The molecule has 4 rings (SSSR count). The van der Waals surface area contributed by atoms with Crippen LogP contribution in [0.2, 0.25) is 0 Å². The average molecular weight is 747 g/mol. The number of rotatable bonds is 7. The molecule has 0 unspecified atom stereocenters. The third-order valence-electron chi connectivity index (χ3n) is 5.45. The Morgan fingerprint density at radius 1 is 0.860 bits per heavy atom. The van der Waals surface area contributed by atoms with E-state index < -0.39 is 5.97 Å². The Balaban J connectivity index is 0.000000702. The number of carbonyl (C=O) groups is 2. The maximum atomic E-state index is 12.0. The van der Waals surface area contributed by atoms with Gasteiger partial charge < -0.3 is 18.7 Å². The summed E-state index contributed by atoms with van der Waals surface area (Å²) in [6.45, 7) is 2.12. The van der Waals surface area contributed by atoms with E-state index >= 15 is 0 Å². The number of hydrogen-bond donors (Lipinski definition) is 1. The first kappa shape index (κ1) is 39.9. The van der Waals surface area contributed by atoms with Gasteiger partial charge in [-0.1, -0.05) is 63.6 Å². The van der Waals surface area contributed by atoms with Crippen molar-refractivity contribution in [2.75, 3.05) is 34.9 Å². The molecule has 236 valence electrons. The third-order valence-corrected chi connectivity index (χ3v) is 6.50. The van der Waals surface area contributed by atoms with Gasteiger partial charge in [-0.3, -0.25) is 9.63 Å². The highest BCUT2D eigenvalue weighted by molar-refractivity contribution is 9.10. The molecular weight excluding hydrogens is 708 g/mol. The Morgan fingerprint density at radius 2 is 1.26 bits per heavy atom. The molecule has 0 bridgehead atoms. The number of halogens is 3. The van der Waals surface area contributed by atoms with Gasteiger partial charge in [0.2, 0.25) is 11.6 Å². The second kappa shape index (κ2) is 20.0. The summed E-state index contributed by atoms with van der Waals surface area (Å²) in [6.07, 6.45) is 3.63. The Morgan fingerprint density at radius 3 is 1.63 bits per heavy atom. The van der Waals surface area contributed by atoms with Crippen LogP contribution in [0.25, 0.3) is 22.5 Å². The second-order valence-electron chi connectivity index (χ2n) is 8.25. The molecule has 2 aromatic heterocycles. The number of esters is 1. The molecule has 0 radical (unpaired) electrons. The highest BCUT2D eigenvalue weighted by atomic mass is 79.9. The highest BCUT2D eigenvalue weighted by Gasteiger charge is 2.19. The minimum atomic E-state index is -0.400. The fourth-order valence-corrected chi connectivity index (χ4v) is 3.79. The van der Waals surface area contributed by atoms with E-state index in [0.29, 0.717) is 18.3 Å². The number of amides is 1. The molecule has 0 atom stereocenters. The SMILES string of the molecule is C.CCOC(=O)c1nc(-c2ccc(Br)cc2)cn1C.CNOC.CON(C)C(=O)c1nc(-c2ccc(Br)cc2)cn1C.Cl. The van der Waals surface area contributed by atoms with Gasteiger partial charge in [-0.25, -0.2) is 25.3 Å². The van der Waals surface area contributed by atoms with Crippen LogP contribution in [-0.4, -0.2) is 71.0 Å². The van der Waals surface area contributed by atoms with Crippen molar-refractivity contribution in [3.05, 3.63) is 81.5 Å². The zero-order valence-electron chi connectivity index (χ0n) is 24.4. The van der Waals surface area contributed by atoms with Crippen molar-refractivity contribution in [3.8, 4) is 22.5 Å². The molecule has 2 aromatic carbocycles. The molecule has 1 amide bonds. The smallest absolute Gasteiger partial charge is 0.374 e. The van der Waals surface area contributed by atoms with E-state index in [1.165, 1.54) is 7.11 Å². The second-order valence-corrected chi connectivity index (χ2v) is 10.1. The van der Waals surface area contributed by atoms with Gasteiger partial charge in [0.05, 0.1) is 32.2 Å². The molecule has 0 spiro atoms. The summed E-state index contributed by atoms with van der Waals surface area (Å²) in [4.78, 5) is 41.5. The summed E-state index contributed by atoms with van der Waals surface area (Å²) >= 11 is 6.77. The van der Waals surface area contributed by atoms with Crippen LogP contribution in [0.15, 0.2) is 69.9 Å². The Kier molecular flexibility index (Phi) is 18.6. The van der Waals surface area contributed by atoms with Crippen molar-refractivity contribution < 1.29 is 24.0 Å². The molecule has 0 aliphatic heterocycles. The van der Waals surface area contributed by atoms with Crippen LogP contribution in [0.1, 0.15) is 35.6 Å². The summed E-state index contributed by atoms with van der Waals surface area (Å²) in [5.41, 5.74) is 5.86. The number of aryl methyl sites for hydroxylation is 2. The van der Waals surface area contributed by atoms with Gasteiger partial charge in [0, 0.05) is 60.7 Å². The van der Waals surface area contributed by atoms with Crippen LogP contribution in [0.3, 0.4) is 0 Å². The number of nitrogens with one attached hydrogen (secondary N) is 1. The summed E-state index contributed by atoms with van der Waals surface area (Å²) in [7, 11) is 9.83. The first-order chi connectivity index (χ1) is 19.6. The lowest BCUT2D eigenvalue weighted by Gasteiger charge is -2.12. The molecule has 0 saturated carbocycles. The van der Waals surface area contributed by atoms with E-state index in [1.54, 1.807) is 51.4 Å². The molecule has 1 N–H and O–H groups in total. The van der Waals surface area contributed by atoms with Crippen molar-refractivity contribution >= 4 is 56.1 Å². The predicted octanol–water partition coefficient (Wildman–Crippen LogP) is 6.33. The van der Waals surface area contributed by atoms with Crippen LogP contribution < -0.4 is 5.48 Å². The van der Waals surface area contributed by atoms with Gasteiger partial charge in [0.1, 0.15) is 0 Å². The lowest BCUT2D eigenvalue weighted by molar-refractivity contribution is -0.0766. The molecular formula is C29H39Br2ClN6O5. The Hall–Kier alpha value is -3.07. The maximum absolute atomic E-state index is 12.0. The van der Waals surface area contributed by atoms with E-state index in [4.69, 9.17) is 9.57 Å². The van der Waals surface area contributed by atoms with Crippen LogP contribution >= 0.6 is 44.3 Å². The Labute approximate surface area is 276 Å². The lowest BCUT2D eigenvalue weighted by atomic mass is 10.2. The topological polar surface area (TPSA) is 113 Å². The van der Waals surface area contributed by atoms with Gasteiger partial charge in [-0.2, -0.15) is 0 Å². The van der Waals surface area contributed by atoms with E-state index in [9.17, 15) is 9.59 Å². The van der Waals surface area contributed by atoms with Crippen LogP contribution in [0.4, 0.5) is 0 Å². The molecule has 0 saturated heterocycles. The minimum Gasteiger partial charge on any atom is -0.460 e. The molecule has 0 aliphatic rings. The van der Waals surface area contributed by atoms with Crippen molar-refractivity contribution in [1.82, 2.24) is 29.6 Å². The van der Waals surface area contributed by atoms with Gasteiger partial charge in [-0.05, 0) is 31.2 Å². The summed E-state index contributed by atoms with van der Waals surface area (Å²) in [5.74, 6) is -0.0336. The number of hydrogen-bond acceptors (Lipinski definition) is 8. The Bertz CT molecular complexity index is 1410. The molecule has 2 heterocycles. The number of benzene rings is 2.